The molecule has 10 heavy (non-hydrogen) atoms. The van der Waals surface area contributed by atoms with Crippen molar-refractivity contribution < 1.29 is 0 Å². The molecule has 0 N–H and O–H groups in total. The summed E-state index contributed by atoms with van der Waals surface area (Å²) in [6.07, 6.45) is 10.4. The van der Waals surface area contributed by atoms with Crippen molar-refractivity contribution in [3.8, 4) is 0 Å². The third-order valence-corrected chi connectivity index (χ3v) is 2.58. The molecule has 1 fully saturated rings. The fourth-order valence-electron chi connectivity index (χ4n) is 2.09. The highest BCUT2D eigenvalue weighted by molar-refractivity contribution is 5.35. The zero-order valence-corrected chi connectivity index (χ0v) is 6.56. The van der Waals surface area contributed by atoms with Gasteiger partial charge in [0.1, 0.15) is 0 Å². The molecule has 2 aliphatic rings. The molecular weight excluding hydrogens is 120 g/mol. The van der Waals surface area contributed by atoms with Gasteiger partial charge in [-0.2, -0.15) is 0 Å². The molecule has 54 valence electrons. The Morgan fingerprint density at radius 1 is 1.40 bits per heavy atom. The first-order chi connectivity index (χ1) is 4.86. The van der Waals surface area contributed by atoms with Crippen LogP contribution in [0.25, 0.3) is 0 Å². The fraction of sp³-hybridized carbons (Fsp3) is 0.600. The van der Waals surface area contributed by atoms with E-state index >= 15 is 0 Å². The van der Waals surface area contributed by atoms with Crippen LogP contribution >= 0.6 is 0 Å². The summed E-state index contributed by atoms with van der Waals surface area (Å²) in [7, 11) is 0. The van der Waals surface area contributed by atoms with Crippen LogP contribution in [0.5, 0.6) is 0 Å². The second-order valence-corrected chi connectivity index (χ2v) is 3.48. The molecule has 0 radical (unpaired) electrons. The number of allylic oxidation sites excluding steroid dienone is 4. The fourth-order valence-corrected chi connectivity index (χ4v) is 2.09. The molecule has 1 saturated carbocycles. The van der Waals surface area contributed by atoms with Crippen LogP contribution in [-0.4, -0.2) is 0 Å². The summed E-state index contributed by atoms with van der Waals surface area (Å²) in [5.74, 6) is 0.841. The Morgan fingerprint density at radius 2 is 2.30 bits per heavy atom. The lowest BCUT2D eigenvalue weighted by molar-refractivity contribution is 0.525. The van der Waals surface area contributed by atoms with E-state index in [1.165, 1.54) is 31.3 Å². The molecule has 0 aromatic rings. The van der Waals surface area contributed by atoms with E-state index in [9.17, 15) is 0 Å². The molecule has 0 nitrogen and oxygen atoms in total. The SMILES string of the molecule is CC1=CC2CCCCC2=C1. The second-order valence-electron chi connectivity index (χ2n) is 3.48. The zero-order chi connectivity index (χ0) is 6.97. The van der Waals surface area contributed by atoms with E-state index in [0.29, 0.717) is 0 Å². The predicted octanol–water partition coefficient (Wildman–Crippen LogP) is 3.06. The van der Waals surface area contributed by atoms with Crippen molar-refractivity contribution in [1.29, 1.82) is 0 Å². The molecule has 0 aromatic heterocycles. The Labute approximate surface area is 62.6 Å². The molecule has 0 heteroatoms. The Kier molecular flexibility index (Phi) is 1.40. The van der Waals surface area contributed by atoms with Crippen LogP contribution in [0.4, 0.5) is 0 Å². The van der Waals surface area contributed by atoms with Gasteiger partial charge in [-0.25, -0.2) is 0 Å². The zero-order valence-electron chi connectivity index (χ0n) is 6.56. The minimum atomic E-state index is 0.841. The molecule has 1 atom stereocenters. The number of rotatable bonds is 0. The van der Waals surface area contributed by atoms with Crippen LogP contribution in [0.1, 0.15) is 32.6 Å². The van der Waals surface area contributed by atoms with E-state index in [0.717, 1.165) is 5.92 Å². The highest BCUT2D eigenvalue weighted by Gasteiger charge is 2.19. The third-order valence-electron chi connectivity index (χ3n) is 2.58. The summed E-state index contributed by atoms with van der Waals surface area (Å²) >= 11 is 0. The molecule has 0 saturated heterocycles. The lowest BCUT2D eigenvalue weighted by atomic mass is 9.87. The van der Waals surface area contributed by atoms with E-state index in [-0.39, 0.29) is 0 Å². The van der Waals surface area contributed by atoms with E-state index in [4.69, 9.17) is 0 Å². The molecule has 0 spiro atoms. The van der Waals surface area contributed by atoms with Crippen molar-refractivity contribution in [2.24, 2.45) is 5.92 Å². The maximum atomic E-state index is 2.43. The minimum Gasteiger partial charge on any atom is -0.0744 e. The van der Waals surface area contributed by atoms with Crippen molar-refractivity contribution in [1.82, 2.24) is 0 Å². The summed E-state index contributed by atoms with van der Waals surface area (Å²) in [5.41, 5.74) is 3.19. The predicted molar refractivity (Wildman–Crippen MR) is 43.8 cm³/mol. The molecule has 0 amide bonds. The first kappa shape index (κ1) is 6.21. The standard InChI is InChI=1S/C10H14/c1-8-6-9-4-2-3-5-10(9)7-8/h6-7,9H,2-5H2,1H3. The topological polar surface area (TPSA) is 0 Å². The summed E-state index contributed by atoms with van der Waals surface area (Å²) < 4.78 is 0. The Morgan fingerprint density at radius 3 is 3.10 bits per heavy atom. The van der Waals surface area contributed by atoms with E-state index in [1.54, 1.807) is 5.57 Å². The van der Waals surface area contributed by atoms with Crippen LogP contribution in [-0.2, 0) is 0 Å². The van der Waals surface area contributed by atoms with Gasteiger partial charge >= 0.3 is 0 Å². The largest absolute Gasteiger partial charge is 0.0744 e. The molecule has 0 bridgehead atoms. The average molecular weight is 134 g/mol. The molecule has 2 aliphatic carbocycles. The van der Waals surface area contributed by atoms with Crippen LogP contribution in [0, 0.1) is 5.92 Å². The Bertz CT molecular complexity index is 196. The Hall–Kier alpha value is -0.520. The van der Waals surface area contributed by atoms with E-state index in [2.05, 4.69) is 19.1 Å². The normalized spacial score (nSPS) is 31.1. The maximum Gasteiger partial charge on any atom is -0.00143 e. The molecule has 0 heterocycles. The van der Waals surface area contributed by atoms with Crippen molar-refractivity contribution in [2.75, 3.05) is 0 Å². The maximum absolute atomic E-state index is 2.43. The minimum absolute atomic E-state index is 0.841. The quantitative estimate of drug-likeness (QED) is 0.477. The van der Waals surface area contributed by atoms with Crippen molar-refractivity contribution in [3.63, 3.8) is 0 Å². The van der Waals surface area contributed by atoms with Crippen LogP contribution in [0.3, 0.4) is 0 Å². The van der Waals surface area contributed by atoms with Crippen LogP contribution in [0.2, 0.25) is 0 Å². The van der Waals surface area contributed by atoms with Gasteiger partial charge in [-0.1, -0.05) is 29.7 Å². The van der Waals surface area contributed by atoms with E-state index < -0.39 is 0 Å². The lowest BCUT2D eigenvalue weighted by Crippen LogP contribution is -2.03. The molecule has 0 aromatic carbocycles. The average Bonchev–Trinajstić information content (AvgIpc) is 2.27. The summed E-state index contributed by atoms with van der Waals surface area (Å²) in [4.78, 5) is 0. The molecule has 0 aliphatic heterocycles. The second kappa shape index (κ2) is 2.26. The Balaban J connectivity index is 2.20. The monoisotopic (exact) mass is 134 g/mol. The summed E-state index contributed by atoms with van der Waals surface area (Å²) in [6, 6.07) is 0. The van der Waals surface area contributed by atoms with Gasteiger partial charge in [0.05, 0.1) is 0 Å². The van der Waals surface area contributed by atoms with E-state index in [1.807, 2.05) is 0 Å². The highest BCUT2D eigenvalue weighted by Crippen LogP contribution is 2.35. The van der Waals surface area contributed by atoms with Crippen molar-refractivity contribution >= 4 is 0 Å². The van der Waals surface area contributed by atoms with Gasteiger partial charge in [-0.15, -0.1) is 0 Å². The summed E-state index contributed by atoms with van der Waals surface area (Å²) in [5, 5.41) is 0. The number of fused-ring (bicyclic) bond motifs is 1. The number of hydrogen-bond donors (Lipinski definition) is 0. The summed E-state index contributed by atoms with van der Waals surface area (Å²) in [6.45, 7) is 2.21. The molecular formula is C10H14. The van der Waals surface area contributed by atoms with Gasteiger partial charge in [0.2, 0.25) is 0 Å². The van der Waals surface area contributed by atoms with Crippen LogP contribution < -0.4 is 0 Å². The highest BCUT2D eigenvalue weighted by atomic mass is 14.2. The van der Waals surface area contributed by atoms with Gasteiger partial charge in [-0.05, 0) is 32.1 Å². The molecule has 2 rings (SSSR count). The van der Waals surface area contributed by atoms with Crippen molar-refractivity contribution in [3.05, 3.63) is 23.3 Å². The lowest BCUT2D eigenvalue weighted by Gasteiger charge is -2.18. The van der Waals surface area contributed by atoms with Gasteiger partial charge in [0, 0.05) is 0 Å². The van der Waals surface area contributed by atoms with Gasteiger partial charge in [0.15, 0.2) is 0 Å². The smallest absolute Gasteiger partial charge is 0.00143 e. The first-order valence-corrected chi connectivity index (χ1v) is 4.25. The first-order valence-electron chi connectivity index (χ1n) is 4.25. The molecule has 1 unspecified atom stereocenters. The van der Waals surface area contributed by atoms with Gasteiger partial charge in [-0.3, -0.25) is 0 Å². The van der Waals surface area contributed by atoms with Crippen molar-refractivity contribution in [2.45, 2.75) is 32.6 Å². The third kappa shape index (κ3) is 0.920. The van der Waals surface area contributed by atoms with Crippen LogP contribution in [0.15, 0.2) is 23.3 Å². The number of hydrogen-bond acceptors (Lipinski definition) is 0. The van der Waals surface area contributed by atoms with Gasteiger partial charge < -0.3 is 0 Å². The van der Waals surface area contributed by atoms with Gasteiger partial charge in [0.25, 0.3) is 0 Å².